The normalized spacial score (nSPS) is 18.4. The van der Waals surface area contributed by atoms with E-state index in [4.69, 9.17) is 15.1 Å². The van der Waals surface area contributed by atoms with Crippen LogP contribution in [-0.4, -0.2) is 35.7 Å². The lowest BCUT2D eigenvalue weighted by Gasteiger charge is -2.47. The van der Waals surface area contributed by atoms with Crippen LogP contribution >= 0.6 is 0 Å². The van der Waals surface area contributed by atoms with E-state index in [2.05, 4.69) is 25.7 Å². The van der Waals surface area contributed by atoms with Crippen molar-refractivity contribution in [1.82, 2.24) is 0 Å². The van der Waals surface area contributed by atoms with Crippen molar-refractivity contribution < 1.29 is 19.4 Å². The zero-order valence-corrected chi connectivity index (χ0v) is 16.5. The molecule has 6 heteroatoms. The fourth-order valence-corrected chi connectivity index (χ4v) is 3.81. The molecule has 0 aromatic heterocycles. The number of fused-ring (bicyclic) bond motifs is 1. The van der Waals surface area contributed by atoms with Crippen LogP contribution in [0, 0.1) is 18.3 Å². The molecule has 0 spiro atoms. The molecule has 0 bridgehead atoms. The van der Waals surface area contributed by atoms with Crippen molar-refractivity contribution in [3.63, 3.8) is 0 Å². The number of nitriles is 1. The molecule has 2 rings (SSSR count). The quantitative estimate of drug-likeness (QED) is 0.483. The zero-order valence-electron chi connectivity index (χ0n) is 16.5. The van der Waals surface area contributed by atoms with Gasteiger partial charge in [0.25, 0.3) is 0 Å². The molecule has 1 heterocycles. The number of esters is 1. The van der Waals surface area contributed by atoms with E-state index in [1.807, 2.05) is 19.1 Å². The Balaban J connectivity index is 2.49. The van der Waals surface area contributed by atoms with Gasteiger partial charge in [0.15, 0.2) is 0 Å². The Morgan fingerprint density at radius 2 is 2.11 bits per heavy atom. The molecule has 6 nitrogen and oxygen atoms in total. The van der Waals surface area contributed by atoms with E-state index in [1.54, 1.807) is 6.07 Å². The molecule has 0 fully saturated rings. The van der Waals surface area contributed by atoms with Gasteiger partial charge in [0.1, 0.15) is 18.2 Å². The highest BCUT2D eigenvalue weighted by molar-refractivity contribution is 5.96. The summed E-state index contributed by atoms with van der Waals surface area (Å²) in [6.45, 7) is 10.7. The van der Waals surface area contributed by atoms with Gasteiger partial charge in [-0.25, -0.2) is 4.79 Å². The highest BCUT2D eigenvalue weighted by Gasteiger charge is 2.36. The lowest BCUT2D eigenvalue weighted by atomic mass is 9.79. The van der Waals surface area contributed by atoms with Gasteiger partial charge in [-0.1, -0.05) is 6.92 Å². The van der Waals surface area contributed by atoms with E-state index in [0.29, 0.717) is 13.2 Å². The number of carbonyl (C=O) groups is 2. The molecule has 0 radical (unpaired) electrons. The maximum absolute atomic E-state index is 11.2. The summed E-state index contributed by atoms with van der Waals surface area (Å²) in [5, 5.41) is 18.2. The Morgan fingerprint density at radius 1 is 1.44 bits per heavy atom. The smallest absolute Gasteiger partial charge is 0.346 e. The van der Waals surface area contributed by atoms with Crippen molar-refractivity contribution in [3.8, 4) is 6.07 Å². The van der Waals surface area contributed by atoms with Gasteiger partial charge < -0.3 is 14.7 Å². The average Bonchev–Trinajstić information content (AvgIpc) is 2.55. The Kier molecular flexibility index (Phi) is 5.94. The van der Waals surface area contributed by atoms with E-state index in [-0.39, 0.29) is 23.0 Å². The van der Waals surface area contributed by atoms with Crippen LogP contribution in [0.1, 0.15) is 56.7 Å². The summed E-state index contributed by atoms with van der Waals surface area (Å²) in [7, 11) is 0. The van der Waals surface area contributed by atoms with Crippen LogP contribution < -0.4 is 4.90 Å². The van der Waals surface area contributed by atoms with Gasteiger partial charge >= 0.3 is 11.9 Å². The van der Waals surface area contributed by atoms with Crippen LogP contribution in [0.2, 0.25) is 0 Å². The first-order chi connectivity index (χ1) is 12.6. The third-order valence-electron chi connectivity index (χ3n) is 5.04. The predicted octanol–water partition coefficient (Wildman–Crippen LogP) is 3.64. The van der Waals surface area contributed by atoms with E-state index < -0.39 is 5.97 Å². The Hall–Kier alpha value is -2.81. The van der Waals surface area contributed by atoms with Gasteiger partial charge in [-0.3, -0.25) is 4.79 Å². The highest BCUT2D eigenvalue weighted by Crippen LogP contribution is 2.44. The second-order valence-electron chi connectivity index (χ2n) is 7.65. The van der Waals surface area contributed by atoms with E-state index in [9.17, 15) is 9.59 Å². The summed E-state index contributed by atoms with van der Waals surface area (Å²) < 4.78 is 5.14. The number of anilines is 1. The van der Waals surface area contributed by atoms with Crippen molar-refractivity contribution in [2.75, 3.05) is 18.1 Å². The highest BCUT2D eigenvalue weighted by atomic mass is 16.5. The zero-order chi connectivity index (χ0) is 20.4. The number of hydrogen-bond acceptors (Lipinski definition) is 5. The van der Waals surface area contributed by atoms with Gasteiger partial charge in [0.2, 0.25) is 0 Å². The fraction of sp³-hybridized carbons (Fsp3) is 0.476. The summed E-state index contributed by atoms with van der Waals surface area (Å²) in [4.78, 5) is 24.5. The molecular weight excluding hydrogens is 344 g/mol. The molecular formula is C21H26N2O4. The summed E-state index contributed by atoms with van der Waals surface area (Å²) in [5.74, 6) is -1.25. The van der Waals surface area contributed by atoms with Crippen LogP contribution in [0.4, 0.5) is 5.69 Å². The largest absolute Gasteiger partial charge is 0.477 e. The summed E-state index contributed by atoms with van der Waals surface area (Å²) in [6, 6.07) is 5.74. The number of rotatable bonds is 5. The molecule has 144 valence electrons. The molecule has 0 saturated carbocycles. The molecule has 27 heavy (non-hydrogen) atoms. The molecule has 1 aromatic rings. The SMILES string of the molecule is CC(=O)OCCN1c2cc(C)c(/C=C(\C#N)C(=O)O)cc2C(C)CC1(C)C. The van der Waals surface area contributed by atoms with Crippen molar-refractivity contribution in [2.24, 2.45) is 0 Å². The van der Waals surface area contributed by atoms with E-state index >= 15 is 0 Å². The van der Waals surface area contributed by atoms with E-state index in [0.717, 1.165) is 28.8 Å². The first-order valence-electron chi connectivity index (χ1n) is 8.97. The Labute approximate surface area is 160 Å². The molecule has 0 aliphatic carbocycles. The Bertz CT molecular complexity index is 833. The van der Waals surface area contributed by atoms with Crippen LogP contribution in [0.15, 0.2) is 17.7 Å². The van der Waals surface area contributed by atoms with Gasteiger partial charge in [0, 0.05) is 18.2 Å². The second-order valence-corrected chi connectivity index (χ2v) is 7.65. The first kappa shape index (κ1) is 20.5. The fourth-order valence-electron chi connectivity index (χ4n) is 3.81. The lowest BCUT2D eigenvalue weighted by Crippen LogP contribution is -2.49. The minimum atomic E-state index is -1.23. The number of aryl methyl sites for hydroxylation is 1. The topological polar surface area (TPSA) is 90.6 Å². The molecule has 0 saturated heterocycles. The number of carboxylic acid groups (broad SMARTS) is 1. The molecule has 1 unspecified atom stereocenters. The average molecular weight is 370 g/mol. The van der Waals surface area contributed by atoms with Crippen molar-refractivity contribution in [1.29, 1.82) is 5.26 Å². The molecule has 1 aliphatic heterocycles. The summed E-state index contributed by atoms with van der Waals surface area (Å²) in [5.41, 5.74) is 3.42. The molecule has 1 N–H and O–H groups in total. The van der Waals surface area contributed by atoms with Crippen molar-refractivity contribution in [2.45, 2.75) is 52.5 Å². The van der Waals surface area contributed by atoms with Gasteiger partial charge in [0.05, 0.1) is 6.54 Å². The number of aliphatic carboxylic acids is 1. The molecule has 1 aliphatic rings. The van der Waals surface area contributed by atoms with E-state index in [1.165, 1.54) is 13.0 Å². The first-order valence-corrected chi connectivity index (χ1v) is 8.97. The number of carbonyl (C=O) groups excluding carboxylic acids is 1. The van der Waals surface area contributed by atoms with Gasteiger partial charge in [-0.2, -0.15) is 5.26 Å². The van der Waals surface area contributed by atoms with Crippen molar-refractivity contribution >= 4 is 23.7 Å². The maximum Gasteiger partial charge on any atom is 0.346 e. The lowest BCUT2D eigenvalue weighted by molar-refractivity contribution is -0.140. The van der Waals surface area contributed by atoms with Gasteiger partial charge in [-0.05, 0) is 68.0 Å². The molecule has 1 aromatic carbocycles. The standard InChI is InChI=1S/C21H26N2O4/c1-13-8-19-18(10-16(13)9-17(12-22)20(25)26)14(2)11-21(4,5)23(19)6-7-27-15(3)24/h8-10,14H,6-7,11H2,1-5H3,(H,25,26)/b17-9+. The summed E-state index contributed by atoms with van der Waals surface area (Å²) in [6.07, 6.45) is 2.34. The minimum Gasteiger partial charge on any atom is -0.477 e. The molecule has 1 atom stereocenters. The second kappa shape index (κ2) is 7.83. The number of carboxylic acids is 1. The number of nitrogens with zero attached hydrogens (tertiary/aromatic N) is 2. The maximum atomic E-state index is 11.2. The minimum absolute atomic E-state index is 0.102. The number of hydrogen-bond donors (Lipinski definition) is 1. The van der Waals surface area contributed by atoms with Crippen molar-refractivity contribution in [3.05, 3.63) is 34.4 Å². The third-order valence-corrected chi connectivity index (χ3v) is 5.04. The number of benzene rings is 1. The number of ether oxygens (including phenoxy) is 1. The Morgan fingerprint density at radius 3 is 2.67 bits per heavy atom. The van der Waals surface area contributed by atoms with Crippen LogP contribution in [0.3, 0.4) is 0 Å². The van der Waals surface area contributed by atoms with Crippen LogP contribution in [0.25, 0.3) is 6.08 Å². The van der Waals surface area contributed by atoms with Gasteiger partial charge in [-0.15, -0.1) is 0 Å². The molecule has 0 amide bonds. The summed E-state index contributed by atoms with van der Waals surface area (Å²) >= 11 is 0. The van der Waals surface area contributed by atoms with Crippen LogP contribution in [-0.2, 0) is 14.3 Å². The monoisotopic (exact) mass is 370 g/mol. The third kappa shape index (κ3) is 4.48. The predicted molar refractivity (Wildman–Crippen MR) is 103 cm³/mol. The van der Waals surface area contributed by atoms with Crippen LogP contribution in [0.5, 0.6) is 0 Å².